The highest BCUT2D eigenvalue weighted by molar-refractivity contribution is 7.89. The van der Waals surface area contributed by atoms with Crippen molar-refractivity contribution < 1.29 is 17.9 Å². The number of amides is 1. The van der Waals surface area contributed by atoms with Crippen LogP contribution in [-0.4, -0.2) is 71.1 Å². The summed E-state index contributed by atoms with van der Waals surface area (Å²) in [5, 5.41) is 5.47. The molecule has 1 aliphatic carbocycles. The van der Waals surface area contributed by atoms with E-state index in [9.17, 15) is 13.2 Å². The van der Waals surface area contributed by atoms with Crippen LogP contribution in [0.5, 0.6) is 5.75 Å². The number of nitrogens with zero attached hydrogens (tertiary/aromatic N) is 5. The zero-order valence-electron chi connectivity index (χ0n) is 21.3. The van der Waals surface area contributed by atoms with Crippen LogP contribution in [0.25, 0.3) is 11.0 Å². The Kier molecular flexibility index (Phi) is 6.50. The zero-order chi connectivity index (χ0) is 25.6. The summed E-state index contributed by atoms with van der Waals surface area (Å²) in [5.41, 5.74) is 3.11. The number of benzene rings is 1. The maximum Gasteiger partial charge on any atom is 0.254 e. The predicted molar refractivity (Wildman–Crippen MR) is 137 cm³/mol. The fourth-order valence-corrected chi connectivity index (χ4v) is 6.20. The third-order valence-corrected chi connectivity index (χ3v) is 8.78. The molecule has 0 N–H and O–H groups in total. The SMILES string of the molecule is CCOc1ccc(S(=O)(=O)N2CCN(C(=O)c3cc(C4CC4)nc4c3c(C)nn4C(C)C)CC2)cc1. The number of sulfonamides is 1. The van der Waals surface area contributed by atoms with Crippen LogP contribution >= 0.6 is 0 Å². The van der Waals surface area contributed by atoms with E-state index in [-0.39, 0.29) is 29.9 Å². The first-order valence-corrected chi connectivity index (χ1v) is 14.1. The average molecular weight is 512 g/mol. The van der Waals surface area contributed by atoms with Crippen molar-refractivity contribution >= 4 is 27.0 Å². The lowest BCUT2D eigenvalue weighted by Gasteiger charge is -2.34. The second-order valence-corrected chi connectivity index (χ2v) is 11.7. The number of ether oxygens (including phenoxy) is 1. The minimum Gasteiger partial charge on any atom is -0.494 e. The molecule has 3 aromatic rings. The molecule has 1 saturated heterocycles. The highest BCUT2D eigenvalue weighted by Crippen LogP contribution is 2.41. The van der Waals surface area contributed by atoms with Crippen molar-refractivity contribution in [1.29, 1.82) is 0 Å². The van der Waals surface area contributed by atoms with Crippen LogP contribution in [0.3, 0.4) is 0 Å². The van der Waals surface area contributed by atoms with Gasteiger partial charge in [-0.1, -0.05) is 0 Å². The molecule has 1 aliphatic heterocycles. The maximum atomic E-state index is 13.7. The molecule has 9 nitrogen and oxygen atoms in total. The van der Waals surface area contributed by atoms with E-state index in [2.05, 4.69) is 18.9 Å². The smallest absolute Gasteiger partial charge is 0.254 e. The van der Waals surface area contributed by atoms with Crippen LogP contribution in [0.15, 0.2) is 35.2 Å². The van der Waals surface area contributed by atoms with Crippen molar-refractivity contribution in [3.8, 4) is 5.75 Å². The Bertz CT molecular complexity index is 1390. The molecule has 2 aliphatic rings. The molecule has 10 heteroatoms. The van der Waals surface area contributed by atoms with Crippen molar-refractivity contribution in [1.82, 2.24) is 24.0 Å². The van der Waals surface area contributed by atoms with E-state index >= 15 is 0 Å². The second-order valence-electron chi connectivity index (χ2n) is 9.79. The van der Waals surface area contributed by atoms with E-state index < -0.39 is 10.0 Å². The number of piperazine rings is 1. The Morgan fingerprint density at radius 2 is 1.78 bits per heavy atom. The summed E-state index contributed by atoms with van der Waals surface area (Å²) >= 11 is 0. The molecule has 1 saturated carbocycles. The maximum absolute atomic E-state index is 13.7. The zero-order valence-corrected chi connectivity index (χ0v) is 22.1. The number of aryl methyl sites for hydroxylation is 1. The molecule has 3 heterocycles. The third-order valence-electron chi connectivity index (χ3n) is 6.87. The van der Waals surface area contributed by atoms with Crippen molar-refractivity contribution in [3.05, 3.63) is 47.3 Å². The van der Waals surface area contributed by atoms with E-state index in [4.69, 9.17) is 9.72 Å². The number of rotatable bonds is 7. The lowest BCUT2D eigenvalue weighted by Crippen LogP contribution is -2.50. The number of carbonyl (C=O) groups excluding carboxylic acids is 1. The lowest BCUT2D eigenvalue weighted by molar-refractivity contribution is 0.0699. The molecule has 0 unspecified atom stereocenters. The van der Waals surface area contributed by atoms with E-state index in [0.29, 0.717) is 36.9 Å². The van der Waals surface area contributed by atoms with Crippen LogP contribution in [0.2, 0.25) is 0 Å². The first kappa shape index (κ1) is 24.7. The number of aromatic nitrogens is 3. The van der Waals surface area contributed by atoms with Gasteiger partial charge < -0.3 is 9.64 Å². The number of fused-ring (bicyclic) bond motifs is 1. The van der Waals surface area contributed by atoms with Crippen molar-refractivity contribution in [2.75, 3.05) is 32.8 Å². The van der Waals surface area contributed by atoms with Crippen molar-refractivity contribution in [2.24, 2.45) is 0 Å². The minimum atomic E-state index is -3.65. The van der Waals surface area contributed by atoms with Crippen LogP contribution in [0.4, 0.5) is 0 Å². The average Bonchev–Trinajstić information content (AvgIpc) is 3.67. The highest BCUT2D eigenvalue weighted by Gasteiger charge is 2.33. The number of hydrogen-bond donors (Lipinski definition) is 0. The number of pyridine rings is 1. The molecule has 192 valence electrons. The molecule has 2 fully saturated rings. The Balaban J connectivity index is 1.37. The molecule has 36 heavy (non-hydrogen) atoms. The van der Waals surface area contributed by atoms with E-state index in [1.165, 1.54) is 4.31 Å². The largest absolute Gasteiger partial charge is 0.494 e. The van der Waals surface area contributed by atoms with Gasteiger partial charge in [-0.3, -0.25) is 4.79 Å². The molecule has 2 aromatic heterocycles. The number of hydrogen-bond acceptors (Lipinski definition) is 6. The molecule has 0 spiro atoms. The summed E-state index contributed by atoms with van der Waals surface area (Å²) in [5.74, 6) is 0.943. The normalized spacial score (nSPS) is 17.2. The molecule has 0 bridgehead atoms. The molecule has 0 atom stereocenters. The molecular weight excluding hydrogens is 478 g/mol. The van der Waals surface area contributed by atoms with Crippen LogP contribution < -0.4 is 4.74 Å². The summed E-state index contributed by atoms with van der Waals surface area (Å²) in [6, 6.07) is 8.54. The van der Waals surface area contributed by atoms with Gasteiger partial charge in [-0.05, 0) is 70.9 Å². The van der Waals surface area contributed by atoms with Gasteiger partial charge in [0.2, 0.25) is 10.0 Å². The van der Waals surface area contributed by atoms with Crippen molar-refractivity contribution in [2.45, 2.75) is 57.4 Å². The quantitative estimate of drug-likeness (QED) is 0.479. The van der Waals surface area contributed by atoms with Gasteiger partial charge in [0.25, 0.3) is 5.91 Å². The summed E-state index contributed by atoms with van der Waals surface area (Å²) in [7, 11) is -3.65. The molecule has 0 radical (unpaired) electrons. The van der Waals surface area contributed by atoms with Crippen molar-refractivity contribution in [3.63, 3.8) is 0 Å². The van der Waals surface area contributed by atoms with E-state index in [1.54, 1.807) is 29.2 Å². The van der Waals surface area contributed by atoms with Crippen LogP contribution in [0, 0.1) is 6.92 Å². The van der Waals surface area contributed by atoms with Gasteiger partial charge in [-0.2, -0.15) is 9.40 Å². The van der Waals surface area contributed by atoms with Gasteiger partial charge in [-0.15, -0.1) is 0 Å². The second kappa shape index (κ2) is 9.48. The third kappa shape index (κ3) is 4.48. The van der Waals surface area contributed by atoms with Gasteiger partial charge in [0.1, 0.15) is 5.75 Å². The summed E-state index contributed by atoms with van der Waals surface area (Å²) in [4.78, 5) is 20.6. The van der Waals surface area contributed by atoms with E-state index in [0.717, 1.165) is 35.3 Å². The topological polar surface area (TPSA) is 97.6 Å². The van der Waals surface area contributed by atoms with Gasteiger partial charge in [0.05, 0.1) is 28.1 Å². The molecule has 1 amide bonds. The van der Waals surface area contributed by atoms with Gasteiger partial charge in [-0.25, -0.2) is 18.1 Å². The lowest BCUT2D eigenvalue weighted by atomic mass is 10.1. The Morgan fingerprint density at radius 3 is 2.36 bits per heavy atom. The minimum absolute atomic E-state index is 0.0891. The van der Waals surface area contributed by atoms with Crippen LogP contribution in [-0.2, 0) is 10.0 Å². The fourth-order valence-electron chi connectivity index (χ4n) is 4.77. The standard InChI is InChI=1S/C26H33N5O4S/c1-5-35-20-8-10-21(11-9-20)36(33,34)30-14-12-29(13-15-30)26(32)22-16-23(19-6-7-19)27-25-24(22)18(4)28-31(25)17(2)3/h8-11,16-17,19H,5-7,12-15H2,1-4H3. The Labute approximate surface area is 212 Å². The highest BCUT2D eigenvalue weighted by atomic mass is 32.2. The molecule has 5 rings (SSSR count). The molecular formula is C26H33N5O4S. The fraction of sp³-hybridized carbons (Fsp3) is 0.500. The summed E-state index contributed by atoms with van der Waals surface area (Å²) in [6.07, 6.45) is 2.17. The monoisotopic (exact) mass is 511 g/mol. The first-order chi connectivity index (χ1) is 17.2. The predicted octanol–water partition coefficient (Wildman–Crippen LogP) is 3.74. The van der Waals surface area contributed by atoms with Gasteiger partial charge in [0.15, 0.2) is 5.65 Å². The van der Waals surface area contributed by atoms with Gasteiger partial charge >= 0.3 is 0 Å². The Morgan fingerprint density at radius 1 is 1.11 bits per heavy atom. The summed E-state index contributed by atoms with van der Waals surface area (Å²) < 4.78 is 35.1. The Hall–Kier alpha value is -2.98. The van der Waals surface area contributed by atoms with E-state index in [1.807, 2.05) is 24.6 Å². The molecule has 1 aromatic carbocycles. The first-order valence-electron chi connectivity index (χ1n) is 12.6. The van der Waals surface area contributed by atoms with Gasteiger partial charge in [0, 0.05) is 43.8 Å². The summed E-state index contributed by atoms with van der Waals surface area (Å²) in [6.45, 7) is 9.58. The van der Waals surface area contributed by atoms with Crippen LogP contribution in [0.1, 0.15) is 67.3 Å². The number of carbonyl (C=O) groups is 1.